The Morgan fingerprint density at radius 1 is 0.857 bits per heavy atom. The summed E-state index contributed by atoms with van der Waals surface area (Å²) in [5.41, 5.74) is 3.57. The number of hydrogen-bond acceptors (Lipinski definition) is 2. The monoisotopic (exact) mass is 376 g/mol. The lowest BCUT2D eigenvalue weighted by molar-refractivity contribution is 0.0909. The molecular weight excluding hydrogens is 344 g/mol. The second-order valence-electron chi connectivity index (χ2n) is 8.47. The third kappa shape index (κ3) is 5.02. The van der Waals surface area contributed by atoms with E-state index in [1.54, 1.807) is 0 Å². The van der Waals surface area contributed by atoms with Crippen molar-refractivity contribution in [1.29, 1.82) is 0 Å². The quantitative estimate of drug-likeness (QED) is 0.785. The van der Waals surface area contributed by atoms with Gasteiger partial charge in [-0.15, -0.1) is 0 Å². The Labute approximate surface area is 169 Å². The first-order chi connectivity index (χ1) is 13.8. The molecule has 0 atom stereocenters. The van der Waals surface area contributed by atoms with Gasteiger partial charge in [0.1, 0.15) is 0 Å². The minimum absolute atomic E-state index is 0.0803. The molecule has 28 heavy (non-hydrogen) atoms. The van der Waals surface area contributed by atoms with E-state index in [1.807, 2.05) is 12.1 Å². The Bertz CT molecular complexity index is 742. The van der Waals surface area contributed by atoms with Crippen molar-refractivity contribution < 1.29 is 4.79 Å². The van der Waals surface area contributed by atoms with Gasteiger partial charge in [0, 0.05) is 31.2 Å². The number of carbonyl (C=O) groups is 1. The first-order valence-electron chi connectivity index (χ1n) is 10.9. The number of amides is 1. The molecule has 1 amide bonds. The third-order valence-corrected chi connectivity index (χ3v) is 6.42. The highest BCUT2D eigenvalue weighted by Crippen LogP contribution is 2.32. The minimum Gasteiger partial charge on any atom is -0.349 e. The summed E-state index contributed by atoms with van der Waals surface area (Å²) in [6.07, 6.45) is 8.71. The summed E-state index contributed by atoms with van der Waals surface area (Å²) in [6.45, 7) is 3.09. The molecule has 1 aliphatic heterocycles. The summed E-state index contributed by atoms with van der Waals surface area (Å²) in [5.74, 6) is 0.775. The molecule has 0 bridgehead atoms. The van der Waals surface area contributed by atoms with Crippen LogP contribution in [0.25, 0.3) is 0 Å². The molecule has 148 valence electrons. The zero-order chi connectivity index (χ0) is 19.2. The summed E-state index contributed by atoms with van der Waals surface area (Å²) in [5, 5.41) is 3.25. The van der Waals surface area contributed by atoms with Crippen molar-refractivity contribution in [3.8, 4) is 0 Å². The molecule has 2 aromatic carbocycles. The number of likely N-dealkylation sites (tertiary alicyclic amines) is 1. The van der Waals surface area contributed by atoms with Gasteiger partial charge >= 0.3 is 0 Å². The second-order valence-corrected chi connectivity index (χ2v) is 8.47. The lowest BCUT2D eigenvalue weighted by Gasteiger charge is -2.32. The molecule has 3 heteroatoms. The van der Waals surface area contributed by atoms with Crippen molar-refractivity contribution in [2.24, 2.45) is 0 Å². The van der Waals surface area contributed by atoms with E-state index in [-0.39, 0.29) is 11.9 Å². The predicted molar refractivity (Wildman–Crippen MR) is 114 cm³/mol. The number of nitrogens with one attached hydrogen (secondary N) is 1. The lowest BCUT2D eigenvalue weighted by atomic mass is 9.84. The summed E-state index contributed by atoms with van der Waals surface area (Å²) in [6, 6.07) is 19.3. The van der Waals surface area contributed by atoms with Crippen LogP contribution in [0.2, 0.25) is 0 Å². The number of piperidine rings is 1. The Kier molecular flexibility index (Phi) is 6.43. The predicted octanol–water partition coefficient (Wildman–Crippen LogP) is 5.13. The third-order valence-electron chi connectivity index (χ3n) is 6.42. The lowest BCUT2D eigenvalue weighted by Crippen LogP contribution is -2.44. The molecule has 1 saturated carbocycles. The highest BCUT2D eigenvalue weighted by molar-refractivity contribution is 5.94. The molecular formula is C25H32N2O. The highest BCUT2D eigenvalue weighted by atomic mass is 16.1. The molecule has 1 N–H and O–H groups in total. The van der Waals surface area contributed by atoms with Crippen LogP contribution in [0.1, 0.15) is 72.3 Å². The fourth-order valence-corrected chi connectivity index (χ4v) is 4.69. The van der Waals surface area contributed by atoms with Gasteiger partial charge in [-0.05, 0) is 54.9 Å². The normalized spacial score (nSPS) is 19.4. The largest absolute Gasteiger partial charge is 0.349 e. The molecule has 4 rings (SSSR count). The second kappa shape index (κ2) is 9.38. The Balaban J connectivity index is 1.25. The molecule has 2 aromatic rings. The average Bonchev–Trinajstić information content (AvgIpc) is 2.76. The fraction of sp³-hybridized carbons (Fsp3) is 0.480. The van der Waals surface area contributed by atoms with E-state index >= 15 is 0 Å². The molecule has 0 unspecified atom stereocenters. The van der Waals surface area contributed by atoms with E-state index in [1.165, 1.54) is 43.2 Å². The van der Waals surface area contributed by atoms with E-state index in [4.69, 9.17) is 0 Å². The van der Waals surface area contributed by atoms with Crippen LogP contribution >= 0.6 is 0 Å². The molecule has 3 nitrogen and oxygen atoms in total. The highest BCUT2D eigenvalue weighted by Gasteiger charge is 2.21. The maximum Gasteiger partial charge on any atom is 0.251 e. The van der Waals surface area contributed by atoms with Gasteiger partial charge in [0.2, 0.25) is 0 Å². The van der Waals surface area contributed by atoms with Crippen molar-refractivity contribution in [2.75, 3.05) is 13.1 Å². The maximum atomic E-state index is 12.6. The number of nitrogens with zero attached hydrogens (tertiary/aromatic N) is 1. The van der Waals surface area contributed by atoms with Crippen LogP contribution in [0.15, 0.2) is 54.6 Å². The molecule has 0 aromatic heterocycles. The van der Waals surface area contributed by atoms with Crippen molar-refractivity contribution >= 4 is 5.91 Å². The standard InChI is InChI=1S/C25H32N2O/c28-25(23-13-11-22(12-14-23)21-9-5-2-6-10-21)26-24-15-17-27(18-16-24)19-20-7-3-1-4-8-20/h1,3-4,7-8,11-14,21,24H,2,5-6,9-10,15-19H2,(H,26,28). The van der Waals surface area contributed by atoms with Crippen LogP contribution in [-0.4, -0.2) is 29.9 Å². The van der Waals surface area contributed by atoms with Crippen LogP contribution in [0.4, 0.5) is 0 Å². The molecule has 1 heterocycles. The van der Waals surface area contributed by atoms with Crippen molar-refractivity contribution in [1.82, 2.24) is 10.2 Å². The molecule has 0 spiro atoms. The molecule has 2 aliphatic rings. The summed E-state index contributed by atoms with van der Waals surface area (Å²) < 4.78 is 0. The van der Waals surface area contributed by atoms with E-state index < -0.39 is 0 Å². The van der Waals surface area contributed by atoms with Gasteiger partial charge in [-0.2, -0.15) is 0 Å². The van der Waals surface area contributed by atoms with Gasteiger partial charge in [0.25, 0.3) is 5.91 Å². The summed E-state index contributed by atoms with van der Waals surface area (Å²) >= 11 is 0. The topological polar surface area (TPSA) is 32.3 Å². The summed E-state index contributed by atoms with van der Waals surface area (Å²) in [4.78, 5) is 15.1. The molecule has 1 aliphatic carbocycles. The van der Waals surface area contributed by atoms with Crippen LogP contribution < -0.4 is 5.32 Å². The first-order valence-corrected chi connectivity index (χ1v) is 10.9. The van der Waals surface area contributed by atoms with Crippen LogP contribution in [0.3, 0.4) is 0 Å². The molecule has 1 saturated heterocycles. The first kappa shape index (κ1) is 19.2. The van der Waals surface area contributed by atoms with Crippen LogP contribution in [0, 0.1) is 0 Å². The molecule has 0 radical (unpaired) electrons. The van der Waals surface area contributed by atoms with E-state index in [9.17, 15) is 4.79 Å². The van der Waals surface area contributed by atoms with E-state index in [0.29, 0.717) is 5.92 Å². The van der Waals surface area contributed by atoms with Crippen LogP contribution in [0.5, 0.6) is 0 Å². The van der Waals surface area contributed by atoms with Gasteiger partial charge < -0.3 is 5.32 Å². The number of carbonyl (C=O) groups excluding carboxylic acids is 1. The Morgan fingerprint density at radius 3 is 2.21 bits per heavy atom. The van der Waals surface area contributed by atoms with Gasteiger partial charge in [-0.25, -0.2) is 0 Å². The Morgan fingerprint density at radius 2 is 1.54 bits per heavy atom. The smallest absolute Gasteiger partial charge is 0.251 e. The number of benzene rings is 2. The van der Waals surface area contributed by atoms with Gasteiger partial charge in [0.15, 0.2) is 0 Å². The SMILES string of the molecule is O=C(NC1CCN(Cc2ccccc2)CC1)c1ccc(C2CCCCC2)cc1. The average molecular weight is 377 g/mol. The summed E-state index contributed by atoms with van der Waals surface area (Å²) in [7, 11) is 0. The maximum absolute atomic E-state index is 12.6. The van der Waals surface area contributed by atoms with Gasteiger partial charge in [-0.3, -0.25) is 9.69 Å². The van der Waals surface area contributed by atoms with Crippen molar-refractivity contribution in [3.63, 3.8) is 0 Å². The van der Waals surface area contributed by atoms with E-state index in [0.717, 1.165) is 38.0 Å². The zero-order valence-corrected chi connectivity index (χ0v) is 16.8. The molecule has 2 fully saturated rings. The van der Waals surface area contributed by atoms with E-state index in [2.05, 4.69) is 52.7 Å². The van der Waals surface area contributed by atoms with Gasteiger partial charge in [0.05, 0.1) is 0 Å². The zero-order valence-electron chi connectivity index (χ0n) is 16.8. The van der Waals surface area contributed by atoms with Crippen molar-refractivity contribution in [3.05, 3.63) is 71.3 Å². The Hall–Kier alpha value is -2.13. The van der Waals surface area contributed by atoms with Gasteiger partial charge in [-0.1, -0.05) is 61.7 Å². The minimum atomic E-state index is 0.0803. The fourth-order valence-electron chi connectivity index (χ4n) is 4.69. The number of hydrogen-bond donors (Lipinski definition) is 1. The van der Waals surface area contributed by atoms with Crippen molar-refractivity contribution in [2.45, 2.75) is 63.5 Å². The number of rotatable bonds is 5. The van der Waals surface area contributed by atoms with Crippen LogP contribution in [-0.2, 0) is 6.54 Å².